The first-order valence-electron chi connectivity index (χ1n) is 8.61. The number of ether oxygens (including phenoxy) is 2. The van der Waals surface area contributed by atoms with Gasteiger partial charge in [0.2, 0.25) is 0 Å². The van der Waals surface area contributed by atoms with Gasteiger partial charge < -0.3 is 20.1 Å². The average Bonchev–Trinajstić information content (AvgIpc) is 2.71. The molecular weight excluding hydrogens is 342 g/mol. The van der Waals surface area contributed by atoms with Crippen molar-refractivity contribution in [2.75, 3.05) is 24.9 Å². The van der Waals surface area contributed by atoms with E-state index in [2.05, 4.69) is 25.6 Å². The molecule has 3 rings (SSSR count). The van der Waals surface area contributed by atoms with Gasteiger partial charge in [0.05, 0.1) is 14.2 Å². The summed E-state index contributed by atoms with van der Waals surface area (Å²) < 4.78 is 10.6. The third-order valence-electron chi connectivity index (χ3n) is 3.98. The molecule has 7 nitrogen and oxygen atoms in total. The molecule has 0 unspecified atom stereocenters. The van der Waals surface area contributed by atoms with E-state index < -0.39 is 0 Å². The lowest BCUT2D eigenvalue weighted by Gasteiger charge is -2.12. The Kier molecular flexibility index (Phi) is 6.04. The van der Waals surface area contributed by atoms with Gasteiger partial charge in [-0.1, -0.05) is 6.07 Å². The lowest BCUT2D eigenvalue weighted by Crippen LogP contribution is -2.07. The van der Waals surface area contributed by atoms with Gasteiger partial charge in [0.15, 0.2) is 11.5 Å². The van der Waals surface area contributed by atoms with Gasteiger partial charge >= 0.3 is 0 Å². The standard InChI is InChI=1S/C20H23N5O2/c1-14-24-19(22-12-15-6-8-21-9-7-15)11-20(25-14)23-13-16-4-5-17(26-2)18(10-16)27-3/h4-11H,12-13H2,1-3H3,(H2,22,23,24,25). The second-order valence-electron chi connectivity index (χ2n) is 5.94. The van der Waals surface area contributed by atoms with Crippen LogP contribution in [0.2, 0.25) is 0 Å². The Bertz CT molecular complexity index is 887. The Balaban J connectivity index is 1.65. The summed E-state index contributed by atoms with van der Waals surface area (Å²) in [5.74, 6) is 3.64. The first-order chi connectivity index (χ1) is 13.2. The molecule has 0 bridgehead atoms. The van der Waals surface area contributed by atoms with Crippen molar-refractivity contribution in [3.63, 3.8) is 0 Å². The average molecular weight is 365 g/mol. The van der Waals surface area contributed by atoms with Crippen molar-refractivity contribution in [3.05, 3.63) is 65.7 Å². The highest BCUT2D eigenvalue weighted by molar-refractivity contribution is 5.49. The Hall–Kier alpha value is -3.35. The number of nitrogens with zero attached hydrogens (tertiary/aromatic N) is 3. The van der Waals surface area contributed by atoms with Gasteiger partial charge in [-0.05, 0) is 42.3 Å². The molecule has 1 aromatic carbocycles. The Morgan fingerprint density at radius 3 is 2.04 bits per heavy atom. The number of benzene rings is 1. The summed E-state index contributed by atoms with van der Waals surface area (Å²) in [4.78, 5) is 12.9. The summed E-state index contributed by atoms with van der Waals surface area (Å²) >= 11 is 0. The van der Waals surface area contributed by atoms with Crippen LogP contribution < -0.4 is 20.1 Å². The molecule has 2 aromatic heterocycles. The fourth-order valence-corrected chi connectivity index (χ4v) is 2.63. The number of hydrogen-bond acceptors (Lipinski definition) is 7. The normalized spacial score (nSPS) is 10.3. The maximum Gasteiger partial charge on any atom is 0.161 e. The molecule has 27 heavy (non-hydrogen) atoms. The van der Waals surface area contributed by atoms with Crippen LogP contribution in [0.5, 0.6) is 11.5 Å². The summed E-state index contributed by atoms with van der Waals surface area (Å²) in [7, 11) is 3.25. The molecule has 0 aliphatic heterocycles. The van der Waals surface area contributed by atoms with E-state index in [9.17, 15) is 0 Å². The first-order valence-corrected chi connectivity index (χ1v) is 8.61. The molecule has 0 aliphatic rings. The second-order valence-corrected chi connectivity index (χ2v) is 5.94. The maximum atomic E-state index is 5.35. The molecule has 0 radical (unpaired) electrons. The zero-order valence-corrected chi connectivity index (χ0v) is 15.7. The van der Waals surface area contributed by atoms with Crippen LogP contribution >= 0.6 is 0 Å². The molecule has 0 amide bonds. The Labute approximate surface area is 158 Å². The zero-order valence-electron chi connectivity index (χ0n) is 15.7. The van der Waals surface area contributed by atoms with E-state index in [0.717, 1.165) is 22.8 Å². The second kappa shape index (κ2) is 8.84. The van der Waals surface area contributed by atoms with Gasteiger partial charge in [0.1, 0.15) is 17.5 Å². The lowest BCUT2D eigenvalue weighted by molar-refractivity contribution is 0.354. The van der Waals surface area contributed by atoms with Gasteiger partial charge in [0.25, 0.3) is 0 Å². The van der Waals surface area contributed by atoms with Crippen molar-refractivity contribution in [2.45, 2.75) is 20.0 Å². The molecule has 140 valence electrons. The van der Waals surface area contributed by atoms with E-state index in [4.69, 9.17) is 9.47 Å². The number of rotatable bonds is 8. The topological polar surface area (TPSA) is 81.2 Å². The molecule has 0 aliphatic carbocycles. The molecule has 0 saturated carbocycles. The largest absolute Gasteiger partial charge is 0.493 e. The lowest BCUT2D eigenvalue weighted by atomic mass is 10.2. The number of aromatic nitrogens is 3. The van der Waals surface area contributed by atoms with E-state index in [1.165, 1.54) is 0 Å². The van der Waals surface area contributed by atoms with Crippen molar-refractivity contribution in [1.29, 1.82) is 0 Å². The summed E-state index contributed by atoms with van der Waals surface area (Å²) in [5, 5.41) is 6.65. The third kappa shape index (κ3) is 5.07. The van der Waals surface area contributed by atoms with Crippen LogP contribution in [0, 0.1) is 6.92 Å². The van der Waals surface area contributed by atoms with E-state index in [1.807, 2.05) is 43.3 Å². The van der Waals surface area contributed by atoms with Crippen molar-refractivity contribution in [2.24, 2.45) is 0 Å². The number of methoxy groups -OCH3 is 2. The number of pyridine rings is 1. The predicted octanol–water partition coefficient (Wildman–Crippen LogP) is 3.42. The summed E-state index contributed by atoms with van der Waals surface area (Å²) in [6.07, 6.45) is 3.55. The third-order valence-corrected chi connectivity index (χ3v) is 3.98. The van der Waals surface area contributed by atoms with Crippen LogP contribution in [0.4, 0.5) is 11.6 Å². The minimum absolute atomic E-state index is 0.612. The quantitative estimate of drug-likeness (QED) is 0.633. The smallest absolute Gasteiger partial charge is 0.161 e. The molecule has 2 N–H and O–H groups in total. The van der Waals surface area contributed by atoms with E-state index in [-0.39, 0.29) is 0 Å². The van der Waals surface area contributed by atoms with Crippen molar-refractivity contribution >= 4 is 11.6 Å². The fraction of sp³-hybridized carbons (Fsp3) is 0.250. The summed E-state index contributed by atoms with van der Waals surface area (Å²) in [6, 6.07) is 11.7. The molecular formula is C20H23N5O2. The van der Waals surface area contributed by atoms with Crippen LogP contribution in [-0.2, 0) is 13.1 Å². The first kappa shape index (κ1) is 18.4. The van der Waals surface area contributed by atoms with E-state index >= 15 is 0 Å². The molecule has 0 fully saturated rings. The monoisotopic (exact) mass is 365 g/mol. The number of aryl methyl sites for hydroxylation is 1. The maximum absolute atomic E-state index is 5.35. The molecule has 2 heterocycles. The van der Waals surface area contributed by atoms with Gasteiger partial charge in [0, 0.05) is 31.5 Å². The zero-order chi connectivity index (χ0) is 19.1. The highest BCUT2D eigenvalue weighted by Crippen LogP contribution is 2.27. The minimum Gasteiger partial charge on any atom is -0.493 e. The van der Waals surface area contributed by atoms with Gasteiger partial charge in [-0.2, -0.15) is 0 Å². The van der Waals surface area contributed by atoms with Crippen LogP contribution in [0.15, 0.2) is 48.8 Å². The summed E-state index contributed by atoms with van der Waals surface area (Å²) in [5.41, 5.74) is 2.20. The molecule has 0 atom stereocenters. The van der Waals surface area contributed by atoms with Crippen LogP contribution in [0.3, 0.4) is 0 Å². The van der Waals surface area contributed by atoms with Crippen LogP contribution in [0.1, 0.15) is 17.0 Å². The Morgan fingerprint density at radius 2 is 1.41 bits per heavy atom. The summed E-state index contributed by atoms with van der Waals surface area (Å²) in [6.45, 7) is 3.16. The molecule has 3 aromatic rings. The highest BCUT2D eigenvalue weighted by atomic mass is 16.5. The Morgan fingerprint density at radius 1 is 0.778 bits per heavy atom. The van der Waals surface area contributed by atoms with Crippen LogP contribution in [-0.4, -0.2) is 29.2 Å². The van der Waals surface area contributed by atoms with E-state index in [1.54, 1.807) is 26.6 Å². The molecule has 7 heteroatoms. The highest BCUT2D eigenvalue weighted by Gasteiger charge is 2.06. The minimum atomic E-state index is 0.612. The van der Waals surface area contributed by atoms with Crippen LogP contribution in [0.25, 0.3) is 0 Å². The van der Waals surface area contributed by atoms with Crippen molar-refractivity contribution in [3.8, 4) is 11.5 Å². The van der Waals surface area contributed by atoms with Crippen molar-refractivity contribution < 1.29 is 9.47 Å². The number of anilines is 2. The number of nitrogens with one attached hydrogen (secondary N) is 2. The van der Waals surface area contributed by atoms with Gasteiger partial charge in [-0.15, -0.1) is 0 Å². The van der Waals surface area contributed by atoms with Crippen molar-refractivity contribution in [1.82, 2.24) is 15.0 Å². The SMILES string of the molecule is COc1ccc(CNc2cc(NCc3ccncc3)nc(C)n2)cc1OC. The molecule has 0 saturated heterocycles. The molecule has 0 spiro atoms. The van der Waals surface area contributed by atoms with Gasteiger partial charge in [-0.25, -0.2) is 9.97 Å². The fourth-order valence-electron chi connectivity index (χ4n) is 2.63. The van der Waals surface area contributed by atoms with E-state index in [0.29, 0.717) is 30.4 Å². The number of hydrogen-bond donors (Lipinski definition) is 2. The van der Waals surface area contributed by atoms with Gasteiger partial charge in [-0.3, -0.25) is 4.98 Å². The predicted molar refractivity (Wildman–Crippen MR) is 105 cm³/mol.